The number of phenolic OH excluding ortho intramolecular Hbond substituents is 2. The third kappa shape index (κ3) is 5.21. The van der Waals surface area contributed by atoms with Gasteiger partial charge in [-0.25, -0.2) is 5.43 Å². The number of nitrogens with one attached hydrogen (secondary N) is 1. The molecule has 5 nitrogen and oxygen atoms in total. The van der Waals surface area contributed by atoms with E-state index in [1.807, 2.05) is 0 Å². The highest BCUT2D eigenvalue weighted by atomic mass is 79.9. The number of hydrogen-bond acceptors (Lipinski definition) is 4. The molecular formula is C16H12BrF3N2O3. The van der Waals surface area contributed by atoms with Crippen LogP contribution in [0.3, 0.4) is 0 Å². The smallest absolute Gasteiger partial charge is 0.416 e. The van der Waals surface area contributed by atoms with E-state index in [1.165, 1.54) is 18.2 Å². The van der Waals surface area contributed by atoms with Crippen LogP contribution in [-0.2, 0) is 17.4 Å². The van der Waals surface area contributed by atoms with Gasteiger partial charge in [0.25, 0.3) is 0 Å². The first-order chi connectivity index (χ1) is 11.7. The molecule has 132 valence electrons. The molecule has 0 saturated carbocycles. The number of rotatable bonds is 4. The summed E-state index contributed by atoms with van der Waals surface area (Å²) in [6.07, 6.45) is -3.62. The third-order valence-corrected chi connectivity index (χ3v) is 3.74. The second-order valence-electron chi connectivity index (χ2n) is 5.03. The summed E-state index contributed by atoms with van der Waals surface area (Å²) >= 11 is 3.07. The van der Waals surface area contributed by atoms with Gasteiger partial charge in [-0.05, 0) is 33.6 Å². The summed E-state index contributed by atoms with van der Waals surface area (Å²) in [6.45, 7) is 0. The standard InChI is InChI=1S/C16H12BrF3N2O3/c17-12-6-10(13(23)7-14(12)24)8-21-22-15(25)5-9-2-1-3-11(4-9)16(18,19)20/h1-4,6-8,23-24H,5H2,(H,22,25)/b21-8-. The highest BCUT2D eigenvalue weighted by molar-refractivity contribution is 9.10. The van der Waals surface area contributed by atoms with Crippen LogP contribution in [0.25, 0.3) is 0 Å². The van der Waals surface area contributed by atoms with Gasteiger partial charge in [0.05, 0.1) is 22.7 Å². The minimum absolute atomic E-state index is 0.164. The Labute approximate surface area is 148 Å². The topological polar surface area (TPSA) is 81.9 Å². The number of halogens is 4. The van der Waals surface area contributed by atoms with E-state index in [1.54, 1.807) is 0 Å². The minimum atomic E-state index is -4.48. The van der Waals surface area contributed by atoms with Crippen LogP contribution >= 0.6 is 15.9 Å². The van der Waals surface area contributed by atoms with Gasteiger partial charge in [0, 0.05) is 11.6 Å². The zero-order chi connectivity index (χ0) is 18.6. The van der Waals surface area contributed by atoms with Crippen molar-refractivity contribution in [1.29, 1.82) is 0 Å². The Hall–Kier alpha value is -2.55. The lowest BCUT2D eigenvalue weighted by atomic mass is 10.1. The molecule has 0 radical (unpaired) electrons. The second kappa shape index (κ2) is 7.56. The Kier molecular flexibility index (Phi) is 5.68. The molecule has 2 rings (SSSR count). The van der Waals surface area contributed by atoms with Gasteiger partial charge in [-0.3, -0.25) is 4.79 Å². The third-order valence-electron chi connectivity index (χ3n) is 3.11. The number of nitrogens with zero attached hydrogens (tertiary/aromatic N) is 1. The summed E-state index contributed by atoms with van der Waals surface area (Å²) in [7, 11) is 0. The highest BCUT2D eigenvalue weighted by Gasteiger charge is 2.30. The summed E-state index contributed by atoms with van der Waals surface area (Å²) in [5.74, 6) is -1.03. The summed E-state index contributed by atoms with van der Waals surface area (Å²) in [4.78, 5) is 11.8. The maximum absolute atomic E-state index is 12.6. The first-order valence-corrected chi connectivity index (χ1v) is 7.65. The Bertz CT molecular complexity index is 823. The van der Waals surface area contributed by atoms with Gasteiger partial charge in [0.2, 0.25) is 5.91 Å². The average molecular weight is 417 g/mol. The Morgan fingerprint density at radius 2 is 1.92 bits per heavy atom. The molecular weight excluding hydrogens is 405 g/mol. The number of aromatic hydroxyl groups is 2. The van der Waals surface area contributed by atoms with Gasteiger partial charge in [-0.1, -0.05) is 18.2 Å². The van der Waals surface area contributed by atoms with E-state index < -0.39 is 17.6 Å². The second-order valence-corrected chi connectivity index (χ2v) is 5.88. The molecule has 0 aliphatic carbocycles. The molecule has 0 saturated heterocycles. The lowest BCUT2D eigenvalue weighted by Crippen LogP contribution is -2.20. The van der Waals surface area contributed by atoms with Gasteiger partial charge in [0.1, 0.15) is 11.5 Å². The first kappa shape index (κ1) is 18.8. The molecule has 0 aliphatic rings. The molecule has 2 aromatic rings. The lowest BCUT2D eigenvalue weighted by molar-refractivity contribution is -0.137. The van der Waals surface area contributed by atoms with Crippen molar-refractivity contribution in [3.63, 3.8) is 0 Å². The monoisotopic (exact) mass is 416 g/mol. The number of benzene rings is 2. The number of alkyl halides is 3. The van der Waals surface area contributed by atoms with Crippen molar-refractivity contribution >= 4 is 28.1 Å². The van der Waals surface area contributed by atoms with E-state index in [4.69, 9.17) is 0 Å². The normalized spacial score (nSPS) is 11.7. The number of hydrazone groups is 1. The molecule has 25 heavy (non-hydrogen) atoms. The zero-order valence-electron chi connectivity index (χ0n) is 12.5. The summed E-state index contributed by atoms with van der Waals surface area (Å²) < 4.78 is 38.2. The fourth-order valence-corrected chi connectivity index (χ4v) is 2.29. The van der Waals surface area contributed by atoms with Gasteiger partial charge < -0.3 is 10.2 Å². The van der Waals surface area contributed by atoms with Crippen LogP contribution in [0, 0.1) is 0 Å². The highest BCUT2D eigenvalue weighted by Crippen LogP contribution is 2.30. The molecule has 3 N–H and O–H groups in total. The summed E-state index contributed by atoms with van der Waals surface area (Å²) in [5, 5.41) is 22.6. The van der Waals surface area contributed by atoms with Crippen LogP contribution in [0.2, 0.25) is 0 Å². The molecule has 0 atom stereocenters. The molecule has 9 heteroatoms. The van der Waals surface area contributed by atoms with Crippen molar-refractivity contribution in [3.05, 3.63) is 57.6 Å². The van der Waals surface area contributed by atoms with Crippen LogP contribution in [-0.4, -0.2) is 22.3 Å². The van der Waals surface area contributed by atoms with Crippen molar-refractivity contribution in [2.24, 2.45) is 5.10 Å². The van der Waals surface area contributed by atoms with Crippen LogP contribution in [0.15, 0.2) is 46.0 Å². The average Bonchev–Trinajstić information content (AvgIpc) is 2.51. The van der Waals surface area contributed by atoms with Gasteiger partial charge in [-0.15, -0.1) is 0 Å². The minimum Gasteiger partial charge on any atom is -0.507 e. The first-order valence-electron chi connectivity index (χ1n) is 6.86. The quantitative estimate of drug-likeness (QED) is 0.526. The number of carbonyl (C=O) groups is 1. The molecule has 0 aliphatic heterocycles. The molecule has 0 spiro atoms. The van der Waals surface area contributed by atoms with E-state index in [0.717, 1.165) is 24.4 Å². The number of carbonyl (C=O) groups excluding carboxylic acids is 1. The van der Waals surface area contributed by atoms with Gasteiger partial charge in [0.15, 0.2) is 0 Å². The van der Waals surface area contributed by atoms with E-state index in [9.17, 15) is 28.2 Å². The number of amides is 1. The maximum Gasteiger partial charge on any atom is 0.416 e. The summed E-state index contributed by atoms with van der Waals surface area (Å²) in [5.41, 5.74) is 1.74. The van der Waals surface area contributed by atoms with E-state index in [-0.39, 0.29) is 29.0 Å². The molecule has 0 unspecified atom stereocenters. The van der Waals surface area contributed by atoms with Gasteiger partial charge >= 0.3 is 6.18 Å². The molecule has 1 amide bonds. The van der Waals surface area contributed by atoms with Crippen LogP contribution in [0.5, 0.6) is 11.5 Å². The van der Waals surface area contributed by atoms with Crippen molar-refractivity contribution in [2.45, 2.75) is 12.6 Å². The van der Waals surface area contributed by atoms with Crippen molar-refractivity contribution in [1.82, 2.24) is 5.43 Å². The van der Waals surface area contributed by atoms with Gasteiger partial charge in [-0.2, -0.15) is 18.3 Å². The predicted molar refractivity (Wildman–Crippen MR) is 88.4 cm³/mol. The van der Waals surface area contributed by atoms with Crippen LogP contribution in [0.1, 0.15) is 16.7 Å². The number of hydrogen-bond donors (Lipinski definition) is 3. The number of phenols is 2. The SMILES string of the molecule is O=C(Cc1cccc(C(F)(F)F)c1)N/N=C\c1cc(Br)c(O)cc1O. The Morgan fingerprint density at radius 1 is 1.20 bits per heavy atom. The van der Waals surface area contributed by atoms with E-state index >= 15 is 0 Å². The largest absolute Gasteiger partial charge is 0.507 e. The van der Waals surface area contributed by atoms with Crippen molar-refractivity contribution < 1.29 is 28.2 Å². The van der Waals surface area contributed by atoms with Crippen molar-refractivity contribution in [3.8, 4) is 11.5 Å². The molecule has 2 aromatic carbocycles. The maximum atomic E-state index is 12.6. The van der Waals surface area contributed by atoms with Crippen LogP contribution in [0.4, 0.5) is 13.2 Å². The van der Waals surface area contributed by atoms with Crippen LogP contribution < -0.4 is 5.43 Å². The summed E-state index contributed by atoms with van der Waals surface area (Å²) in [6, 6.07) is 6.92. The van der Waals surface area contributed by atoms with E-state index in [0.29, 0.717) is 4.47 Å². The predicted octanol–water partition coefficient (Wildman–Crippen LogP) is 3.57. The Morgan fingerprint density at radius 3 is 2.60 bits per heavy atom. The molecule has 0 aromatic heterocycles. The molecule has 0 heterocycles. The fraction of sp³-hybridized carbons (Fsp3) is 0.125. The lowest BCUT2D eigenvalue weighted by Gasteiger charge is -2.08. The molecule has 0 fully saturated rings. The zero-order valence-corrected chi connectivity index (χ0v) is 14.1. The fourth-order valence-electron chi connectivity index (χ4n) is 1.93. The van der Waals surface area contributed by atoms with E-state index in [2.05, 4.69) is 26.5 Å². The molecule has 0 bridgehead atoms. The van der Waals surface area contributed by atoms with Crippen molar-refractivity contribution in [2.75, 3.05) is 0 Å². The Balaban J connectivity index is 2.01.